The minimum atomic E-state index is 0.401. The summed E-state index contributed by atoms with van der Waals surface area (Å²) < 4.78 is 7.97. The number of amides is 1. The highest BCUT2D eigenvalue weighted by Gasteiger charge is 2.28. The lowest BCUT2D eigenvalue weighted by Gasteiger charge is -2.34. The minimum Gasteiger partial charge on any atom is -0.381 e. The zero-order chi connectivity index (χ0) is 18.6. The third-order valence-electron chi connectivity index (χ3n) is 6.92. The topological polar surface area (TPSA) is 47.4 Å². The number of aromatic nitrogens is 2. The third-order valence-corrected chi connectivity index (χ3v) is 6.92. The van der Waals surface area contributed by atoms with E-state index in [-0.39, 0.29) is 0 Å². The van der Waals surface area contributed by atoms with Gasteiger partial charge in [0.1, 0.15) is 5.82 Å². The summed E-state index contributed by atoms with van der Waals surface area (Å²) in [4.78, 5) is 19.7. The highest BCUT2D eigenvalue weighted by molar-refractivity contribution is 5.76. The highest BCUT2D eigenvalue weighted by Crippen LogP contribution is 2.30. The van der Waals surface area contributed by atoms with Crippen molar-refractivity contribution in [2.75, 3.05) is 26.3 Å². The fraction of sp³-hybridized carbons (Fsp3) is 0.818. The van der Waals surface area contributed by atoms with Crippen molar-refractivity contribution in [1.29, 1.82) is 0 Å². The van der Waals surface area contributed by atoms with E-state index in [0.717, 1.165) is 58.5 Å². The molecule has 1 saturated carbocycles. The van der Waals surface area contributed by atoms with Gasteiger partial charge in [-0.15, -0.1) is 0 Å². The molecule has 4 rings (SSSR count). The van der Waals surface area contributed by atoms with Gasteiger partial charge in [0, 0.05) is 57.1 Å². The average molecular weight is 374 g/mol. The molecule has 0 radical (unpaired) electrons. The quantitative estimate of drug-likeness (QED) is 0.786. The zero-order valence-electron chi connectivity index (χ0n) is 16.9. The minimum absolute atomic E-state index is 0.401. The van der Waals surface area contributed by atoms with E-state index in [2.05, 4.69) is 16.4 Å². The number of carbonyl (C=O) groups is 1. The Bertz CT molecular complexity index is 630. The monoisotopic (exact) mass is 373 g/mol. The number of hydrogen-bond acceptors (Lipinski definition) is 3. The smallest absolute Gasteiger partial charge is 0.222 e. The second-order valence-electron chi connectivity index (χ2n) is 8.96. The van der Waals surface area contributed by atoms with E-state index >= 15 is 0 Å². The predicted molar refractivity (Wildman–Crippen MR) is 106 cm³/mol. The van der Waals surface area contributed by atoms with Gasteiger partial charge in [0.15, 0.2) is 0 Å². The largest absolute Gasteiger partial charge is 0.381 e. The van der Waals surface area contributed by atoms with Crippen LogP contribution in [-0.4, -0.2) is 46.7 Å². The number of hydrogen-bond donors (Lipinski definition) is 0. The van der Waals surface area contributed by atoms with Crippen molar-refractivity contribution in [3.8, 4) is 0 Å². The van der Waals surface area contributed by atoms with Gasteiger partial charge in [-0.3, -0.25) is 4.79 Å². The van der Waals surface area contributed by atoms with Gasteiger partial charge in [0.2, 0.25) is 5.91 Å². The molecule has 5 nitrogen and oxygen atoms in total. The number of nitrogens with zero attached hydrogens (tertiary/aromatic N) is 3. The fourth-order valence-electron chi connectivity index (χ4n) is 5.29. The lowest BCUT2D eigenvalue weighted by atomic mass is 9.95. The maximum atomic E-state index is 12.8. The summed E-state index contributed by atoms with van der Waals surface area (Å²) >= 11 is 0. The highest BCUT2D eigenvalue weighted by atomic mass is 16.5. The lowest BCUT2D eigenvalue weighted by Crippen LogP contribution is -2.41. The third kappa shape index (κ3) is 4.56. The van der Waals surface area contributed by atoms with Gasteiger partial charge in [-0.2, -0.15) is 0 Å². The van der Waals surface area contributed by atoms with Crippen LogP contribution in [0.4, 0.5) is 0 Å². The molecule has 3 heterocycles. The lowest BCUT2D eigenvalue weighted by molar-refractivity contribution is -0.134. The molecular weight excluding hydrogens is 338 g/mol. The first kappa shape index (κ1) is 19.0. The SMILES string of the molecule is Cc1cnc(C2CCOCC2)n1CC1CCCN(C(=O)CC2CCCC2)C1. The number of ether oxygens (including phenoxy) is 1. The van der Waals surface area contributed by atoms with Crippen LogP contribution in [0.5, 0.6) is 0 Å². The van der Waals surface area contributed by atoms with Gasteiger partial charge in [-0.1, -0.05) is 12.8 Å². The number of aryl methyl sites for hydroxylation is 1. The van der Waals surface area contributed by atoms with E-state index in [0.29, 0.717) is 23.7 Å². The normalized spacial score (nSPS) is 25.2. The zero-order valence-corrected chi connectivity index (χ0v) is 16.9. The molecule has 0 N–H and O–H groups in total. The van der Waals surface area contributed by atoms with E-state index < -0.39 is 0 Å². The molecule has 0 aromatic carbocycles. The predicted octanol–water partition coefficient (Wildman–Crippen LogP) is 3.90. The van der Waals surface area contributed by atoms with E-state index in [9.17, 15) is 4.79 Å². The summed E-state index contributed by atoms with van der Waals surface area (Å²) in [7, 11) is 0. The average Bonchev–Trinajstić information content (AvgIpc) is 3.33. The van der Waals surface area contributed by atoms with Crippen LogP contribution in [0.15, 0.2) is 6.20 Å². The summed E-state index contributed by atoms with van der Waals surface area (Å²) in [6.07, 6.45) is 12.5. The van der Waals surface area contributed by atoms with Crippen molar-refractivity contribution >= 4 is 5.91 Å². The van der Waals surface area contributed by atoms with E-state index in [1.807, 2.05) is 6.20 Å². The number of likely N-dealkylation sites (tertiary alicyclic amines) is 1. The Labute approximate surface area is 163 Å². The summed E-state index contributed by atoms with van der Waals surface area (Å²) in [6, 6.07) is 0. The molecule has 1 atom stereocenters. The molecule has 0 spiro atoms. The molecule has 5 heteroatoms. The van der Waals surface area contributed by atoms with Crippen LogP contribution >= 0.6 is 0 Å². The Balaban J connectivity index is 1.37. The van der Waals surface area contributed by atoms with Gasteiger partial charge in [0.25, 0.3) is 0 Å². The Morgan fingerprint density at radius 3 is 2.63 bits per heavy atom. The van der Waals surface area contributed by atoms with Crippen LogP contribution in [0.1, 0.15) is 75.2 Å². The Morgan fingerprint density at radius 1 is 1.11 bits per heavy atom. The summed E-state index contributed by atoms with van der Waals surface area (Å²) in [5, 5.41) is 0. The molecule has 150 valence electrons. The standard InChI is InChI=1S/C22H35N3O2/c1-17-14-23-22(20-8-11-27-12-9-20)25(17)16-19-7-4-10-24(15-19)21(26)13-18-5-2-3-6-18/h14,18-20H,2-13,15-16H2,1H3. The first-order chi connectivity index (χ1) is 13.2. The summed E-state index contributed by atoms with van der Waals surface area (Å²) in [5.41, 5.74) is 1.26. The van der Waals surface area contributed by atoms with Crippen molar-refractivity contribution in [1.82, 2.24) is 14.5 Å². The fourth-order valence-corrected chi connectivity index (χ4v) is 5.29. The summed E-state index contributed by atoms with van der Waals surface area (Å²) in [5.74, 6) is 3.37. The van der Waals surface area contributed by atoms with Crippen LogP contribution < -0.4 is 0 Å². The van der Waals surface area contributed by atoms with Crippen LogP contribution in [0.2, 0.25) is 0 Å². The molecule has 2 aliphatic heterocycles. The van der Waals surface area contributed by atoms with Gasteiger partial charge in [0.05, 0.1) is 0 Å². The van der Waals surface area contributed by atoms with Crippen LogP contribution in [0.3, 0.4) is 0 Å². The molecule has 1 unspecified atom stereocenters. The Morgan fingerprint density at radius 2 is 1.85 bits per heavy atom. The van der Waals surface area contributed by atoms with E-state index in [4.69, 9.17) is 9.72 Å². The molecule has 1 aromatic heterocycles. The number of piperidine rings is 1. The Kier molecular flexibility index (Phi) is 6.16. The molecule has 1 aromatic rings. The van der Waals surface area contributed by atoms with Gasteiger partial charge in [-0.05, 0) is 57.3 Å². The van der Waals surface area contributed by atoms with Crippen LogP contribution in [-0.2, 0) is 16.1 Å². The van der Waals surface area contributed by atoms with Crippen LogP contribution in [0.25, 0.3) is 0 Å². The molecule has 2 saturated heterocycles. The molecule has 3 fully saturated rings. The molecule has 1 aliphatic carbocycles. The van der Waals surface area contributed by atoms with E-state index in [1.165, 1.54) is 43.6 Å². The molecule has 0 bridgehead atoms. The maximum Gasteiger partial charge on any atom is 0.222 e. The number of carbonyl (C=O) groups excluding carboxylic acids is 1. The first-order valence-corrected chi connectivity index (χ1v) is 11.1. The van der Waals surface area contributed by atoms with Crippen molar-refractivity contribution in [3.05, 3.63) is 17.7 Å². The van der Waals surface area contributed by atoms with Crippen LogP contribution in [0, 0.1) is 18.8 Å². The molecular formula is C22H35N3O2. The van der Waals surface area contributed by atoms with E-state index in [1.54, 1.807) is 0 Å². The second kappa shape index (κ2) is 8.76. The first-order valence-electron chi connectivity index (χ1n) is 11.1. The molecule has 3 aliphatic rings. The van der Waals surface area contributed by atoms with Gasteiger partial charge in [-0.25, -0.2) is 4.98 Å². The molecule has 1 amide bonds. The number of imidazole rings is 1. The molecule has 27 heavy (non-hydrogen) atoms. The second-order valence-corrected chi connectivity index (χ2v) is 8.96. The van der Waals surface area contributed by atoms with Gasteiger partial charge >= 0.3 is 0 Å². The van der Waals surface area contributed by atoms with Crippen molar-refractivity contribution in [2.24, 2.45) is 11.8 Å². The van der Waals surface area contributed by atoms with Crippen molar-refractivity contribution in [2.45, 2.75) is 77.2 Å². The maximum absolute atomic E-state index is 12.8. The Hall–Kier alpha value is -1.36. The van der Waals surface area contributed by atoms with Crippen molar-refractivity contribution in [3.63, 3.8) is 0 Å². The summed E-state index contributed by atoms with van der Waals surface area (Å²) in [6.45, 7) is 6.76. The van der Waals surface area contributed by atoms with Gasteiger partial charge < -0.3 is 14.2 Å². The van der Waals surface area contributed by atoms with Crippen molar-refractivity contribution < 1.29 is 9.53 Å². The number of rotatable bonds is 5.